The predicted octanol–water partition coefficient (Wildman–Crippen LogP) is 1.68. The van der Waals surface area contributed by atoms with Gasteiger partial charge in [-0.25, -0.2) is 4.98 Å². The molecule has 2 aliphatic rings. The third-order valence-corrected chi connectivity index (χ3v) is 5.91. The zero-order chi connectivity index (χ0) is 20.1. The number of nitrogen functional groups attached to an aromatic ring is 1. The van der Waals surface area contributed by atoms with Gasteiger partial charge in [0.1, 0.15) is 12.4 Å². The number of carbonyl (C=O) groups excluding carboxylic acids is 1. The number of nitrogens with one attached hydrogen (secondary N) is 2. The summed E-state index contributed by atoms with van der Waals surface area (Å²) in [6.45, 7) is 2.99. The van der Waals surface area contributed by atoms with Gasteiger partial charge in [0.2, 0.25) is 5.91 Å². The van der Waals surface area contributed by atoms with Gasteiger partial charge in [0, 0.05) is 37.8 Å². The number of hydrazine groups is 1. The molecule has 0 bridgehead atoms. The Labute approximate surface area is 171 Å². The Hall–Kier alpha value is -2.48. The lowest BCUT2D eigenvalue weighted by Gasteiger charge is -2.37. The van der Waals surface area contributed by atoms with E-state index in [-0.39, 0.29) is 18.6 Å². The van der Waals surface area contributed by atoms with Crippen LogP contribution in [0.1, 0.15) is 29.9 Å². The molecule has 0 radical (unpaired) electrons. The van der Waals surface area contributed by atoms with Crippen LogP contribution in [0.25, 0.3) is 0 Å². The number of benzene rings is 1. The molecule has 1 aromatic heterocycles. The number of hydrogen-bond acceptors (Lipinski definition) is 6. The summed E-state index contributed by atoms with van der Waals surface area (Å²) in [7, 11) is 0. The summed E-state index contributed by atoms with van der Waals surface area (Å²) >= 11 is 0. The van der Waals surface area contributed by atoms with Gasteiger partial charge in [-0.3, -0.25) is 15.6 Å². The van der Waals surface area contributed by atoms with Gasteiger partial charge in [0.05, 0.1) is 6.61 Å². The zero-order valence-corrected chi connectivity index (χ0v) is 16.6. The predicted molar refractivity (Wildman–Crippen MR) is 112 cm³/mol. The van der Waals surface area contributed by atoms with E-state index in [1.807, 2.05) is 47.4 Å². The van der Waals surface area contributed by atoms with E-state index in [4.69, 9.17) is 10.5 Å². The molecule has 154 valence electrons. The Bertz CT molecular complexity index is 816. The summed E-state index contributed by atoms with van der Waals surface area (Å²) in [5.74, 6) is 1.32. The monoisotopic (exact) mass is 395 g/mol. The lowest BCUT2D eigenvalue weighted by atomic mass is 9.81. The molecule has 3 heterocycles. The Morgan fingerprint density at radius 2 is 2.14 bits per heavy atom. The number of hydrogen-bond donors (Lipinski definition) is 3. The van der Waals surface area contributed by atoms with E-state index in [1.54, 1.807) is 6.20 Å². The highest BCUT2D eigenvalue weighted by Gasteiger charge is 2.37. The van der Waals surface area contributed by atoms with Crippen LogP contribution in [-0.2, 0) is 16.1 Å². The van der Waals surface area contributed by atoms with E-state index >= 15 is 0 Å². The molecule has 2 fully saturated rings. The maximum Gasteiger partial charge on any atom is 0.248 e. The van der Waals surface area contributed by atoms with Gasteiger partial charge in [-0.2, -0.15) is 0 Å². The molecule has 7 nitrogen and oxygen atoms in total. The number of aromatic nitrogens is 1. The molecule has 2 aliphatic heterocycles. The molecule has 2 saturated heterocycles. The molecule has 7 heteroatoms. The lowest BCUT2D eigenvalue weighted by molar-refractivity contribution is -0.138. The summed E-state index contributed by atoms with van der Waals surface area (Å²) in [6.07, 6.45) is 3.88. The molecule has 0 saturated carbocycles. The van der Waals surface area contributed by atoms with Crippen molar-refractivity contribution in [1.82, 2.24) is 20.7 Å². The zero-order valence-electron chi connectivity index (χ0n) is 16.6. The molecule has 3 atom stereocenters. The average Bonchev–Trinajstić information content (AvgIpc) is 3.25. The molecule has 1 amide bonds. The number of amides is 1. The first-order chi connectivity index (χ1) is 14.2. The standard InChI is InChI=1S/C22H29N5O2/c23-20-11-17(8-9-24-20)19-12-25-26-22(19)18-7-4-10-27(13-18)21(28)15-29-14-16-5-2-1-3-6-16/h1-3,5-6,8-9,11,18-19,22,25-26H,4,7,10,12-15H2,(H2,23,24). The molecule has 0 spiro atoms. The molecular weight excluding hydrogens is 366 g/mol. The summed E-state index contributed by atoms with van der Waals surface area (Å²) < 4.78 is 5.66. The van der Waals surface area contributed by atoms with Gasteiger partial charge in [0.15, 0.2) is 0 Å². The van der Waals surface area contributed by atoms with Crippen molar-refractivity contribution < 1.29 is 9.53 Å². The Kier molecular flexibility index (Phi) is 6.39. The number of carbonyl (C=O) groups is 1. The number of rotatable bonds is 6. The topological polar surface area (TPSA) is 92.5 Å². The molecular formula is C22H29N5O2. The van der Waals surface area contributed by atoms with E-state index in [9.17, 15) is 4.79 Å². The van der Waals surface area contributed by atoms with Crippen molar-refractivity contribution in [3.63, 3.8) is 0 Å². The van der Waals surface area contributed by atoms with Crippen LogP contribution in [0.2, 0.25) is 0 Å². The van der Waals surface area contributed by atoms with Crippen LogP contribution in [0.4, 0.5) is 5.82 Å². The number of pyridine rings is 1. The fourth-order valence-electron chi connectivity index (χ4n) is 4.43. The summed E-state index contributed by atoms with van der Waals surface area (Å²) in [5.41, 5.74) is 14.9. The van der Waals surface area contributed by atoms with E-state index in [0.717, 1.165) is 38.0 Å². The van der Waals surface area contributed by atoms with Gasteiger partial charge >= 0.3 is 0 Å². The van der Waals surface area contributed by atoms with Gasteiger partial charge in [-0.05, 0) is 42.0 Å². The van der Waals surface area contributed by atoms with Gasteiger partial charge in [-0.15, -0.1) is 0 Å². The number of nitrogens with two attached hydrogens (primary N) is 1. The highest BCUT2D eigenvalue weighted by Crippen LogP contribution is 2.32. The van der Waals surface area contributed by atoms with Crippen molar-refractivity contribution in [2.75, 3.05) is 32.0 Å². The summed E-state index contributed by atoms with van der Waals surface area (Å²) in [5, 5.41) is 0. The maximum atomic E-state index is 12.7. The first kappa shape index (κ1) is 19.8. The number of anilines is 1. The third kappa shape index (κ3) is 4.93. The first-order valence-corrected chi connectivity index (χ1v) is 10.3. The van der Waals surface area contributed by atoms with Gasteiger partial charge in [0.25, 0.3) is 0 Å². The molecule has 3 unspecified atom stereocenters. The molecule has 1 aromatic carbocycles. The smallest absolute Gasteiger partial charge is 0.248 e. The quantitative estimate of drug-likeness (QED) is 0.689. The minimum atomic E-state index is 0.0706. The van der Waals surface area contributed by atoms with Crippen LogP contribution < -0.4 is 16.6 Å². The van der Waals surface area contributed by atoms with E-state index in [1.165, 1.54) is 5.56 Å². The van der Waals surface area contributed by atoms with Crippen molar-refractivity contribution >= 4 is 11.7 Å². The van der Waals surface area contributed by atoms with Crippen molar-refractivity contribution in [3.8, 4) is 0 Å². The van der Waals surface area contributed by atoms with Crippen LogP contribution in [0, 0.1) is 5.92 Å². The van der Waals surface area contributed by atoms with Crippen molar-refractivity contribution in [2.24, 2.45) is 5.92 Å². The van der Waals surface area contributed by atoms with Crippen LogP contribution in [0.15, 0.2) is 48.7 Å². The second-order valence-corrected chi connectivity index (χ2v) is 7.89. The second-order valence-electron chi connectivity index (χ2n) is 7.89. The molecule has 2 aromatic rings. The largest absolute Gasteiger partial charge is 0.384 e. The van der Waals surface area contributed by atoms with Crippen molar-refractivity contribution in [1.29, 1.82) is 0 Å². The van der Waals surface area contributed by atoms with Gasteiger partial charge in [-0.1, -0.05) is 30.3 Å². The van der Waals surface area contributed by atoms with Crippen LogP contribution in [0.3, 0.4) is 0 Å². The first-order valence-electron chi connectivity index (χ1n) is 10.3. The lowest BCUT2D eigenvalue weighted by Crippen LogP contribution is -2.49. The van der Waals surface area contributed by atoms with Crippen LogP contribution in [-0.4, -0.2) is 48.1 Å². The number of nitrogens with zero attached hydrogens (tertiary/aromatic N) is 2. The highest BCUT2D eigenvalue weighted by atomic mass is 16.5. The summed E-state index contributed by atoms with van der Waals surface area (Å²) in [4.78, 5) is 18.7. The third-order valence-electron chi connectivity index (χ3n) is 5.91. The SMILES string of the molecule is Nc1cc(C2CNNC2C2CCCN(C(=O)COCc3ccccc3)C2)ccn1. The fourth-order valence-corrected chi connectivity index (χ4v) is 4.43. The second kappa shape index (κ2) is 9.35. The Balaban J connectivity index is 1.33. The maximum absolute atomic E-state index is 12.7. The van der Waals surface area contributed by atoms with Crippen molar-refractivity contribution in [3.05, 3.63) is 59.8 Å². The van der Waals surface area contributed by atoms with Gasteiger partial charge < -0.3 is 15.4 Å². The molecule has 29 heavy (non-hydrogen) atoms. The number of piperidine rings is 1. The van der Waals surface area contributed by atoms with E-state index in [0.29, 0.717) is 24.3 Å². The normalized spacial score (nSPS) is 24.6. The molecule has 4 N–H and O–H groups in total. The molecule has 4 rings (SSSR count). The van der Waals surface area contributed by atoms with E-state index in [2.05, 4.69) is 15.8 Å². The molecule has 0 aliphatic carbocycles. The van der Waals surface area contributed by atoms with E-state index < -0.39 is 0 Å². The summed E-state index contributed by atoms with van der Waals surface area (Å²) in [6, 6.07) is 14.2. The fraction of sp³-hybridized carbons (Fsp3) is 0.455. The van der Waals surface area contributed by atoms with Crippen molar-refractivity contribution in [2.45, 2.75) is 31.4 Å². The minimum absolute atomic E-state index is 0.0706. The number of ether oxygens (including phenoxy) is 1. The number of likely N-dealkylation sites (tertiary alicyclic amines) is 1. The minimum Gasteiger partial charge on any atom is -0.384 e. The average molecular weight is 396 g/mol. The highest BCUT2D eigenvalue weighted by molar-refractivity contribution is 5.77. The Morgan fingerprint density at radius 3 is 2.97 bits per heavy atom. The van der Waals surface area contributed by atoms with Crippen LogP contribution >= 0.6 is 0 Å². The van der Waals surface area contributed by atoms with Crippen LogP contribution in [0.5, 0.6) is 0 Å². The Morgan fingerprint density at radius 1 is 1.28 bits per heavy atom.